The maximum Gasteiger partial charge on any atom is 0.240 e. The Balaban J connectivity index is 1.99. The molecule has 21 heavy (non-hydrogen) atoms. The van der Waals surface area contributed by atoms with E-state index in [1.54, 1.807) is 6.20 Å². The molecule has 0 spiro atoms. The number of sulfonamides is 1. The number of carbonyl (C=O) groups is 1. The number of nitrogens with zero attached hydrogens (tertiary/aromatic N) is 1. The largest absolute Gasteiger partial charge is 0.346 e. The lowest BCUT2D eigenvalue weighted by molar-refractivity contribution is 0.101. The van der Waals surface area contributed by atoms with Gasteiger partial charge in [-0.2, -0.15) is 0 Å². The van der Waals surface area contributed by atoms with Crippen LogP contribution in [0.1, 0.15) is 28.8 Å². The van der Waals surface area contributed by atoms with Crippen molar-refractivity contribution in [3.05, 3.63) is 47.5 Å². The second-order valence-corrected chi connectivity index (χ2v) is 6.49. The van der Waals surface area contributed by atoms with E-state index in [9.17, 15) is 13.2 Å². The summed E-state index contributed by atoms with van der Waals surface area (Å²) in [5, 5.41) is 0. The molecule has 2 N–H and O–H groups in total. The minimum absolute atomic E-state index is 0.0958. The second-order valence-electron chi connectivity index (χ2n) is 4.72. The highest BCUT2D eigenvalue weighted by Gasteiger charge is 2.13. The highest BCUT2D eigenvalue weighted by molar-refractivity contribution is 7.89. The molecule has 2 aromatic rings. The molecule has 0 aliphatic heterocycles. The summed E-state index contributed by atoms with van der Waals surface area (Å²) in [7, 11) is -3.56. The number of benzene rings is 1. The van der Waals surface area contributed by atoms with Crippen LogP contribution in [0.25, 0.3) is 0 Å². The predicted molar refractivity (Wildman–Crippen MR) is 78.7 cm³/mol. The van der Waals surface area contributed by atoms with E-state index in [1.807, 2.05) is 6.92 Å². The zero-order valence-corrected chi connectivity index (χ0v) is 12.7. The van der Waals surface area contributed by atoms with Crippen LogP contribution in [0.3, 0.4) is 0 Å². The number of ketones is 1. The van der Waals surface area contributed by atoms with Gasteiger partial charge in [-0.1, -0.05) is 12.1 Å². The molecule has 2 rings (SSSR count). The third-order valence-electron chi connectivity index (χ3n) is 3.01. The normalized spacial score (nSPS) is 11.5. The van der Waals surface area contributed by atoms with Gasteiger partial charge in [0.1, 0.15) is 5.82 Å². The number of H-pyrrole nitrogens is 1. The van der Waals surface area contributed by atoms with Gasteiger partial charge in [0.15, 0.2) is 5.78 Å². The van der Waals surface area contributed by atoms with Gasteiger partial charge >= 0.3 is 0 Å². The molecule has 0 saturated heterocycles. The number of Topliss-reactive ketones (excluding diaryl/α,β-unsaturated/α-hetero) is 1. The molecule has 0 aliphatic carbocycles. The van der Waals surface area contributed by atoms with Gasteiger partial charge in [-0.15, -0.1) is 0 Å². The van der Waals surface area contributed by atoms with Crippen molar-refractivity contribution in [2.45, 2.75) is 25.2 Å². The Hall–Kier alpha value is -1.99. The number of nitrogens with one attached hydrogen (secondary N) is 2. The zero-order chi connectivity index (χ0) is 15.5. The summed E-state index contributed by atoms with van der Waals surface area (Å²) >= 11 is 0. The predicted octanol–water partition coefficient (Wildman–Crippen LogP) is 1.44. The molecule has 0 aliphatic rings. The van der Waals surface area contributed by atoms with Crippen LogP contribution in [0.15, 0.2) is 35.4 Å². The molecular formula is C14H17N3O3S. The fourth-order valence-electron chi connectivity index (χ4n) is 1.87. The minimum atomic E-state index is -3.56. The lowest BCUT2D eigenvalue weighted by Gasteiger charge is -2.06. The Morgan fingerprint density at radius 3 is 2.48 bits per heavy atom. The molecule has 0 bridgehead atoms. The quantitative estimate of drug-likeness (QED) is 0.790. The first-order valence-electron chi connectivity index (χ1n) is 6.49. The molecule has 1 aromatic carbocycles. The number of hydrogen-bond donors (Lipinski definition) is 2. The number of aromatic nitrogens is 2. The van der Waals surface area contributed by atoms with Gasteiger partial charge < -0.3 is 4.98 Å². The first kappa shape index (κ1) is 15.4. The molecule has 0 atom stereocenters. The Labute approximate surface area is 123 Å². The molecule has 1 aromatic heterocycles. The van der Waals surface area contributed by atoms with Crippen molar-refractivity contribution in [1.29, 1.82) is 0 Å². The third-order valence-corrected chi connectivity index (χ3v) is 4.49. The van der Waals surface area contributed by atoms with Crippen molar-refractivity contribution < 1.29 is 13.2 Å². The van der Waals surface area contributed by atoms with Crippen LogP contribution >= 0.6 is 0 Å². The summed E-state index contributed by atoms with van der Waals surface area (Å²) in [6.07, 6.45) is 2.22. The van der Waals surface area contributed by atoms with Crippen LogP contribution in [-0.2, 0) is 16.4 Å². The first-order chi connectivity index (χ1) is 9.88. The highest BCUT2D eigenvalue weighted by Crippen LogP contribution is 2.11. The van der Waals surface area contributed by atoms with Gasteiger partial charge in [-0.25, -0.2) is 18.1 Å². The van der Waals surface area contributed by atoms with Crippen LogP contribution < -0.4 is 4.72 Å². The van der Waals surface area contributed by atoms with Gasteiger partial charge in [0.05, 0.1) is 4.90 Å². The Morgan fingerprint density at radius 2 is 1.95 bits per heavy atom. The van der Waals surface area contributed by atoms with E-state index in [0.717, 1.165) is 11.5 Å². The van der Waals surface area contributed by atoms with Crippen LogP contribution in [0.4, 0.5) is 0 Å². The van der Waals surface area contributed by atoms with E-state index >= 15 is 0 Å². The second kappa shape index (κ2) is 6.19. The Bertz CT molecular complexity index is 733. The molecular weight excluding hydrogens is 290 g/mol. The molecule has 6 nitrogen and oxygen atoms in total. The lowest BCUT2D eigenvalue weighted by Crippen LogP contribution is -2.26. The molecule has 1 heterocycles. The highest BCUT2D eigenvalue weighted by atomic mass is 32.2. The molecule has 0 radical (unpaired) electrons. The fraction of sp³-hybridized carbons (Fsp3) is 0.286. The molecule has 112 valence electrons. The third kappa shape index (κ3) is 3.99. The van der Waals surface area contributed by atoms with Crippen molar-refractivity contribution in [2.24, 2.45) is 0 Å². The van der Waals surface area contributed by atoms with Crippen molar-refractivity contribution in [3.63, 3.8) is 0 Å². The Kier molecular flexibility index (Phi) is 4.54. The molecule has 0 amide bonds. The maximum absolute atomic E-state index is 12.1. The summed E-state index contributed by atoms with van der Waals surface area (Å²) in [4.78, 5) is 18.4. The van der Waals surface area contributed by atoms with Crippen LogP contribution in [0.5, 0.6) is 0 Å². The number of rotatable bonds is 6. The van der Waals surface area contributed by atoms with Crippen LogP contribution in [0.2, 0.25) is 0 Å². The van der Waals surface area contributed by atoms with Crippen molar-refractivity contribution >= 4 is 15.8 Å². The molecule has 0 unspecified atom stereocenters. The van der Waals surface area contributed by atoms with Gasteiger partial charge in [0, 0.05) is 30.4 Å². The van der Waals surface area contributed by atoms with E-state index in [0.29, 0.717) is 12.0 Å². The topological polar surface area (TPSA) is 91.9 Å². The van der Waals surface area contributed by atoms with Gasteiger partial charge in [-0.3, -0.25) is 4.79 Å². The number of imidazole rings is 1. The van der Waals surface area contributed by atoms with Crippen molar-refractivity contribution in [3.8, 4) is 0 Å². The maximum atomic E-state index is 12.1. The average Bonchev–Trinajstić information content (AvgIpc) is 2.84. The number of aromatic amines is 1. The number of carbonyl (C=O) groups excluding carboxylic acids is 1. The van der Waals surface area contributed by atoms with E-state index in [2.05, 4.69) is 14.7 Å². The smallest absolute Gasteiger partial charge is 0.240 e. The summed E-state index contributed by atoms with van der Waals surface area (Å²) in [5.41, 5.74) is 1.36. The SMILES string of the molecule is CC(=O)c1ccc(S(=O)(=O)NCCc2cnc(C)[nH]2)cc1. The number of hydrogen-bond acceptors (Lipinski definition) is 4. The summed E-state index contributed by atoms with van der Waals surface area (Å²) in [6.45, 7) is 3.55. The van der Waals surface area contributed by atoms with E-state index < -0.39 is 10.0 Å². The summed E-state index contributed by atoms with van der Waals surface area (Å²) in [6, 6.07) is 5.88. The zero-order valence-electron chi connectivity index (χ0n) is 11.9. The van der Waals surface area contributed by atoms with Gasteiger partial charge in [0.25, 0.3) is 0 Å². The monoisotopic (exact) mass is 307 g/mol. The first-order valence-corrected chi connectivity index (χ1v) is 7.98. The van der Waals surface area contributed by atoms with E-state index in [1.165, 1.54) is 31.2 Å². The summed E-state index contributed by atoms with van der Waals surface area (Å²) < 4.78 is 26.7. The van der Waals surface area contributed by atoms with Crippen LogP contribution in [0, 0.1) is 6.92 Å². The van der Waals surface area contributed by atoms with Crippen molar-refractivity contribution in [2.75, 3.05) is 6.54 Å². The Morgan fingerprint density at radius 1 is 1.29 bits per heavy atom. The van der Waals surface area contributed by atoms with E-state index in [4.69, 9.17) is 0 Å². The van der Waals surface area contributed by atoms with Crippen LogP contribution in [-0.4, -0.2) is 30.7 Å². The van der Waals surface area contributed by atoms with Gasteiger partial charge in [0.2, 0.25) is 10.0 Å². The summed E-state index contributed by atoms with van der Waals surface area (Å²) in [5.74, 6) is 0.703. The number of aryl methyl sites for hydroxylation is 1. The fourth-order valence-corrected chi connectivity index (χ4v) is 2.90. The van der Waals surface area contributed by atoms with Crippen molar-refractivity contribution in [1.82, 2.24) is 14.7 Å². The average molecular weight is 307 g/mol. The molecule has 0 saturated carbocycles. The molecule has 0 fully saturated rings. The standard InChI is InChI=1S/C14H17N3O3S/c1-10(18)12-3-5-14(6-4-12)21(19,20)16-8-7-13-9-15-11(2)17-13/h3-6,9,16H,7-8H2,1-2H3,(H,15,17). The van der Waals surface area contributed by atoms with E-state index in [-0.39, 0.29) is 17.2 Å². The van der Waals surface area contributed by atoms with Gasteiger partial charge in [-0.05, 0) is 26.0 Å². The molecule has 7 heteroatoms. The lowest BCUT2D eigenvalue weighted by atomic mass is 10.2. The minimum Gasteiger partial charge on any atom is -0.346 e.